The van der Waals surface area contributed by atoms with E-state index in [4.69, 9.17) is 4.98 Å². The zero-order chi connectivity index (χ0) is 23.1. The summed E-state index contributed by atoms with van der Waals surface area (Å²) < 4.78 is 30.1. The van der Waals surface area contributed by atoms with Crippen LogP contribution < -0.4 is 4.90 Å². The number of hydrogen-bond acceptors (Lipinski definition) is 5. The minimum atomic E-state index is -0.748. The lowest BCUT2D eigenvalue weighted by Gasteiger charge is -2.21. The van der Waals surface area contributed by atoms with E-state index >= 15 is 0 Å². The van der Waals surface area contributed by atoms with Crippen LogP contribution in [0.25, 0.3) is 16.0 Å². The number of rotatable bonds is 3. The molecule has 1 aliphatic rings. The van der Waals surface area contributed by atoms with Crippen molar-refractivity contribution in [2.75, 3.05) is 31.1 Å². The van der Waals surface area contributed by atoms with Gasteiger partial charge in [-0.3, -0.25) is 4.79 Å². The Morgan fingerprint density at radius 1 is 1.00 bits per heavy atom. The molecule has 6 nitrogen and oxygen atoms in total. The van der Waals surface area contributed by atoms with E-state index < -0.39 is 11.6 Å². The minimum Gasteiger partial charge on any atom is -0.346 e. The molecule has 1 aliphatic heterocycles. The Hall–Kier alpha value is -3.33. The van der Waals surface area contributed by atoms with Crippen LogP contribution in [0, 0.1) is 25.5 Å². The molecule has 170 valence electrons. The third-order valence-electron chi connectivity index (χ3n) is 5.79. The normalized spacial score (nSPS) is 14.7. The highest BCUT2D eigenvalue weighted by Crippen LogP contribution is 2.33. The quantitative estimate of drug-likeness (QED) is 0.437. The van der Waals surface area contributed by atoms with Crippen molar-refractivity contribution in [3.05, 3.63) is 70.9 Å². The van der Waals surface area contributed by atoms with Gasteiger partial charge in [0.05, 0.1) is 16.1 Å². The lowest BCUT2D eigenvalue weighted by Crippen LogP contribution is -2.35. The molecule has 0 N–H and O–H groups in total. The molecule has 2 aromatic carbocycles. The maximum Gasteiger partial charge on any atom is 0.254 e. The number of aryl methyl sites for hydroxylation is 2. The SMILES string of the molecule is Cc1cccc(-n2nc(C)c3sc(N4CCCN(C(=O)c5cc(F)cc(F)c5)CC4)nc32)c1. The highest BCUT2D eigenvalue weighted by Gasteiger charge is 2.24. The lowest BCUT2D eigenvalue weighted by atomic mass is 10.2. The van der Waals surface area contributed by atoms with Crippen LogP contribution in [-0.4, -0.2) is 51.8 Å². The first-order valence-electron chi connectivity index (χ1n) is 10.8. The van der Waals surface area contributed by atoms with E-state index in [-0.39, 0.29) is 11.5 Å². The number of benzene rings is 2. The second-order valence-electron chi connectivity index (χ2n) is 8.28. The highest BCUT2D eigenvalue weighted by molar-refractivity contribution is 7.22. The Balaban J connectivity index is 1.38. The maximum atomic E-state index is 13.6. The monoisotopic (exact) mass is 467 g/mol. The number of anilines is 1. The molecule has 0 spiro atoms. The first kappa shape index (κ1) is 21.5. The summed E-state index contributed by atoms with van der Waals surface area (Å²) >= 11 is 1.60. The van der Waals surface area contributed by atoms with Gasteiger partial charge in [0.1, 0.15) is 11.6 Å². The lowest BCUT2D eigenvalue weighted by molar-refractivity contribution is 0.0766. The zero-order valence-electron chi connectivity index (χ0n) is 18.4. The molecule has 1 fully saturated rings. The molecule has 0 bridgehead atoms. The molecular weight excluding hydrogens is 444 g/mol. The number of fused-ring (bicyclic) bond motifs is 1. The van der Waals surface area contributed by atoms with Gasteiger partial charge in [0.15, 0.2) is 10.8 Å². The van der Waals surface area contributed by atoms with Crippen molar-refractivity contribution in [1.29, 1.82) is 0 Å². The first-order valence-corrected chi connectivity index (χ1v) is 11.6. The molecule has 4 aromatic rings. The van der Waals surface area contributed by atoms with E-state index in [2.05, 4.69) is 16.1 Å². The van der Waals surface area contributed by atoms with Crippen molar-refractivity contribution in [3.63, 3.8) is 0 Å². The Morgan fingerprint density at radius 2 is 1.79 bits per heavy atom. The minimum absolute atomic E-state index is 0.0369. The summed E-state index contributed by atoms with van der Waals surface area (Å²) in [7, 11) is 0. The Morgan fingerprint density at radius 3 is 2.55 bits per heavy atom. The van der Waals surface area contributed by atoms with Crippen LogP contribution in [0.1, 0.15) is 28.0 Å². The summed E-state index contributed by atoms with van der Waals surface area (Å²) in [5, 5.41) is 5.57. The Labute approximate surface area is 194 Å². The van der Waals surface area contributed by atoms with Crippen molar-refractivity contribution in [2.24, 2.45) is 0 Å². The Kier molecular flexibility index (Phi) is 5.57. The van der Waals surface area contributed by atoms with Crippen molar-refractivity contribution in [3.8, 4) is 5.69 Å². The second kappa shape index (κ2) is 8.55. The molecule has 1 saturated heterocycles. The molecule has 5 rings (SSSR count). The van der Waals surface area contributed by atoms with E-state index in [1.165, 1.54) is 0 Å². The van der Waals surface area contributed by atoms with Gasteiger partial charge in [-0.05, 0) is 50.1 Å². The molecule has 33 heavy (non-hydrogen) atoms. The highest BCUT2D eigenvalue weighted by atomic mass is 32.1. The summed E-state index contributed by atoms with van der Waals surface area (Å²) in [6.45, 7) is 6.35. The van der Waals surface area contributed by atoms with Crippen LogP contribution in [0.15, 0.2) is 42.5 Å². The van der Waals surface area contributed by atoms with Crippen LogP contribution in [0.3, 0.4) is 0 Å². The molecular formula is C24H23F2N5OS. The van der Waals surface area contributed by atoms with E-state index in [0.717, 1.165) is 63.6 Å². The third kappa shape index (κ3) is 4.20. The van der Waals surface area contributed by atoms with Gasteiger partial charge in [0, 0.05) is 37.8 Å². The standard InChI is InChI=1S/C24H23F2N5OS/c1-15-5-3-6-20(11-15)31-22-21(16(2)28-31)33-24(27-22)30-8-4-7-29(9-10-30)23(32)17-12-18(25)14-19(26)13-17/h3,5-6,11-14H,4,7-10H2,1-2H3. The zero-order valence-corrected chi connectivity index (χ0v) is 19.2. The summed E-state index contributed by atoms with van der Waals surface area (Å²) in [5.41, 5.74) is 3.91. The average molecular weight is 468 g/mol. The van der Waals surface area contributed by atoms with Gasteiger partial charge in [0.25, 0.3) is 5.91 Å². The van der Waals surface area contributed by atoms with E-state index in [0.29, 0.717) is 19.6 Å². The number of thiazole rings is 1. The van der Waals surface area contributed by atoms with Gasteiger partial charge in [0.2, 0.25) is 0 Å². The molecule has 9 heteroatoms. The van der Waals surface area contributed by atoms with Crippen LogP contribution in [0.2, 0.25) is 0 Å². The van der Waals surface area contributed by atoms with Crippen LogP contribution >= 0.6 is 11.3 Å². The first-order chi connectivity index (χ1) is 15.9. The predicted octanol–water partition coefficient (Wildman–Crippen LogP) is 4.73. The number of carbonyl (C=O) groups excluding carboxylic acids is 1. The summed E-state index contributed by atoms with van der Waals surface area (Å²) in [6, 6.07) is 11.1. The summed E-state index contributed by atoms with van der Waals surface area (Å²) in [6.07, 6.45) is 0.739. The summed E-state index contributed by atoms with van der Waals surface area (Å²) in [5.74, 6) is -1.85. The van der Waals surface area contributed by atoms with Crippen LogP contribution in [0.5, 0.6) is 0 Å². The number of nitrogens with zero attached hydrogens (tertiary/aromatic N) is 5. The number of hydrogen-bond donors (Lipinski definition) is 0. The van der Waals surface area contributed by atoms with E-state index in [1.807, 2.05) is 36.7 Å². The molecule has 0 radical (unpaired) electrons. The van der Waals surface area contributed by atoms with Gasteiger partial charge in [-0.1, -0.05) is 23.5 Å². The fourth-order valence-electron chi connectivity index (χ4n) is 4.17. The van der Waals surface area contributed by atoms with Gasteiger partial charge >= 0.3 is 0 Å². The van der Waals surface area contributed by atoms with Gasteiger partial charge in [-0.15, -0.1) is 0 Å². The fraction of sp³-hybridized carbons (Fsp3) is 0.292. The average Bonchev–Trinajstić information content (AvgIpc) is 3.23. The van der Waals surface area contributed by atoms with Crippen molar-refractivity contribution in [2.45, 2.75) is 20.3 Å². The molecule has 0 saturated carbocycles. The topological polar surface area (TPSA) is 54.3 Å². The van der Waals surface area contributed by atoms with Crippen molar-refractivity contribution >= 4 is 32.7 Å². The van der Waals surface area contributed by atoms with Crippen LogP contribution in [-0.2, 0) is 0 Å². The molecule has 0 unspecified atom stereocenters. The molecule has 3 heterocycles. The van der Waals surface area contributed by atoms with Crippen molar-refractivity contribution < 1.29 is 13.6 Å². The predicted molar refractivity (Wildman–Crippen MR) is 125 cm³/mol. The smallest absolute Gasteiger partial charge is 0.254 e. The molecule has 2 aromatic heterocycles. The molecule has 0 aliphatic carbocycles. The van der Waals surface area contributed by atoms with Gasteiger partial charge in [-0.2, -0.15) is 10.1 Å². The number of aromatic nitrogens is 3. The number of amides is 1. The maximum absolute atomic E-state index is 13.6. The van der Waals surface area contributed by atoms with E-state index in [9.17, 15) is 13.6 Å². The molecule has 1 amide bonds. The Bertz CT molecular complexity index is 1330. The number of carbonyl (C=O) groups is 1. The summed E-state index contributed by atoms with van der Waals surface area (Å²) in [4.78, 5) is 21.5. The van der Waals surface area contributed by atoms with Crippen molar-refractivity contribution in [1.82, 2.24) is 19.7 Å². The third-order valence-corrected chi connectivity index (χ3v) is 7.00. The fourth-order valence-corrected chi connectivity index (χ4v) is 5.21. The molecule has 0 atom stereocenters. The second-order valence-corrected chi connectivity index (χ2v) is 9.25. The van der Waals surface area contributed by atoms with E-state index in [1.54, 1.807) is 16.2 Å². The van der Waals surface area contributed by atoms with Gasteiger partial charge < -0.3 is 9.80 Å². The van der Waals surface area contributed by atoms with Crippen LogP contribution in [0.4, 0.5) is 13.9 Å². The number of halogens is 2. The largest absolute Gasteiger partial charge is 0.346 e. The van der Waals surface area contributed by atoms with Gasteiger partial charge in [-0.25, -0.2) is 13.5 Å².